The molecule has 0 aromatic heterocycles. The largest absolute Gasteiger partial charge is 0.489 e. The summed E-state index contributed by atoms with van der Waals surface area (Å²) in [5.41, 5.74) is 1.09. The summed E-state index contributed by atoms with van der Waals surface area (Å²) in [6, 6.07) is 3.64. The molecule has 0 spiro atoms. The highest BCUT2D eigenvalue weighted by molar-refractivity contribution is 6.32. The van der Waals surface area contributed by atoms with E-state index in [1.165, 1.54) is 0 Å². The molecule has 1 aliphatic heterocycles. The van der Waals surface area contributed by atoms with Gasteiger partial charge in [-0.1, -0.05) is 17.7 Å². The number of anilines is 1. The van der Waals surface area contributed by atoms with Crippen LogP contribution in [0.1, 0.15) is 19.4 Å². The fraction of sp³-hybridized carbons (Fsp3) is 0.417. The fourth-order valence-electron chi connectivity index (χ4n) is 1.55. The van der Waals surface area contributed by atoms with Gasteiger partial charge in [-0.05, 0) is 32.4 Å². The Morgan fingerprint density at radius 1 is 1.44 bits per heavy atom. The Labute approximate surface area is 99.7 Å². The van der Waals surface area contributed by atoms with Crippen molar-refractivity contribution in [3.8, 4) is 5.75 Å². The Balaban J connectivity index is 2.52. The number of aryl methyl sites for hydroxylation is 1. The minimum Gasteiger partial charge on any atom is -0.489 e. The van der Waals surface area contributed by atoms with Gasteiger partial charge in [-0.2, -0.15) is 0 Å². The van der Waals surface area contributed by atoms with E-state index in [1.54, 1.807) is 6.07 Å². The summed E-state index contributed by atoms with van der Waals surface area (Å²) >= 11 is 6.05. The van der Waals surface area contributed by atoms with E-state index in [2.05, 4.69) is 5.32 Å². The quantitative estimate of drug-likeness (QED) is 0.756. The number of hydrogen-bond donors (Lipinski definition) is 1. The van der Waals surface area contributed by atoms with E-state index in [-0.39, 0.29) is 5.91 Å². The van der Waals surface area contributed by atoms with Crippen LogP contribution in [0, 0.1) is 12.3 Å². The summed E-state index contributed by atoms with van der Waals surface area (Å²) in [5, 5.41) is 3.40. The van der Waals surface area contributed by atoms with Crippen LogP contribution in [0.2, 0.25) is 5.02 Å². The summed E-state index contributed by atoms with van der Waals surface area (Å²) in [6.07, 6.45) is 0. The minimum atomic E-state index is -0.547. The Hall–Kier alpha value is -1.22. The van der Waals surface area contributed by atoms with Gasteiger partial charge in [-0.25, -0.2) is 0 Å². The molecule has 0 atom stereocenters. The van der Waals surface area contributed by atoms with Crippen LogP contribution in [0.15, 0.2) is 12.1 Å². The molecule has 0 fully saturated rings. The molecule has 0 bridgehead atoms. The summed E-state index contributed by atoms with van der Waals surface area (Å²) in [5.74, 6) is 0.525. The van der Waals surface area contributed by atoms with E-state index in [1.807, 2.05) is 26.8 Å². The van der Waals surface area contributed by atoms with Crippen molar-refractivity contribution in [3.05, 3.63) is 22.7 Å². The first kappa shape index (κ1) is 11.3. The van der Waals surface area contributed by atoms with Crippen LogP contribution in [-0.4, -0.2) is 12.5 Å². The van der Waals surface area contributed by atoms with E-state index in [9.17, 15) is 4.79 Å². The second-order valence-corrected chi connectivity index (χ2v) is 5.10. The molecule has 1 aliphatic rings. The van der Waals surface area contributed by atoms with Gasteiger partial charge in [-0.3, -0.25) is 4.79 Å². The molecule has 1 aromatic rings. The Bertz CT molecular complexity index is 455. The van der Waals surface area contributed by atoms with E-state index < -0.39 is 5.41 Å². The lowest BCUT2D eigenvalue weighted by Gasteiger charge is -2.18. The summed E-state index contributed by atoms with van der Waals surface area (Å²) < 4.78 is 5.63. The molecule has 0 aliphatic carbocycles. The van der Waals surface area contributed by atoms with E-state index in [0.717, 1.165) is 5.56 Å². The maximum atomic E-state index is 11.9. The Morgan fingerprint density at radius 2 is 2.12 bits per heavy atom. The Morgan fingerprint density at radius 3 is 2.81 bits per heavy atom. The summed E-state index contributed by atoms with van der Waals surface area (Å²) in [7, 11) is 0. The van der Waals surface area contributed by atoms with Crippen molar-refractivity contribution >= 4 is 23.2 Å². The number of fused-ring (bicyclic) bond motifs is 1. The highest BCUT2D eigenvalue weighted by atomic mass is 35.5. The topological polar surface area (TPSA) is 38.3 Å². The molecule has 0 saturated heterocycles. The number of nitrogens with one attached hydrogen (secondary N) is 1. The second-order valence-electron chi connectivity index (χ2n) is 4.70. The van der Waals surface area contributed by atoms with Crippen molar-refractivity contribution in [1.29, 1.82) is 0 Å². The first-order valence-corrected chi connectivity index (χ1v) is 5.53. The predicted octanol–water partition coefficient (Wildman–Crippen LogP) is 3.01. The fourth-order valence-corrected chi connectivity index (χ4v) is 1.77. The lowest BCUT2D eigenvalue weighted by molar-refractivity contribution is -0.124. The van der Waals surface area contributed by atoms with Crippen LogP contribution < -0.4 is 10.1 Å². The zero-order valence-corrected chi connectivity index (χ0v) is 10.3. The molecule has 0 unspecified atom stereocenters. The van der Waals surface area contributed by atoms with Gasteiger partial charge in [0.05, 0.1) is 16.1 Å². The molecule has 86 valence electrons. The van der Waals surface area contributed by atoms with Crippen molar-refractivity contribution in [2.75, 3.05) is 11.9 Å². The van der Waals surface area contributed by atoms with Crippen LogP contribution in [0.3, 0.4) is 0 Å². The monoisotopic (exact) mass is 239 g/mol. The highest BCUT2D eigenvalue weighted by Crippen LogP contribution is 2.39. The van der Waals surface area contributed by atoms with Crippen LogP contribution >= 0.6 is 11.6 Å². The van der Waals surface area contributed by atoms with Gasteiger partial charge in [0.2, 0.25) is 5.91 Å². The standard InChI is InChI=1S/C12H14ClNO2/c1-7-4-5-8(13)10-9(7)14-11(15)12(2,3)6-16-10/h4-5H,6H2,1-3H3,(H,14,15). The summed E-state index contributed by atoms with van der Waals surface area (Å²) in [6.45, 7) is 5.93. The van der Waals surface area contributed by atoms with Crippen LogP contribution in [0.25, 0.3) is 0 Å². The van der Waals surface area contributed by atoms with Crippen molar-refractivity contribution in [3.63, 3.8) is 0 Å². The van der Waals surface area contributed by atoms with Gasteiger partial charge in [0.1, 0.15) is 6.61 Å². The molecule has 1 N–H and O–H groups in total. The number of halogens is 1. The van der Waals surface area contributed by atoms with Gasteiger partial charge in [0, 0.05) is 0 Å². The third-order valence-electron chi connectivity index (χ3n) is 2.75. The third kappa shape index (κ3) is 1.76. The molecule has 3 nitrogen and oxygen atoms in total. The van der Waals surface area contributed by atoms with Gasteiger partial charge in [0.25, 0.3) is 0 Å². The first-order chi connectivity index (χ1) is 7.42. The van der Waals surface area contributed by atoms with Gasteiger partial charge < -0.3 is 10.1 Å². The summed E-state index contributed by atoms with van der Waals surface area (Å²) in [4.78, 5) is 11.9. The number of ether oxygens (including phenoxy) is 1. The predicted molar refractivity (Wildman–Crippen MR) is 64.1 cm³/mol. The molecule has 0 saturated carbocycles. The number of rotatable bonds is 0. The van der Waals surface area contributed by atoms with Gasteiger partial charge in [-0.15, -0.1) is 0 Å². The van der Waals surface area contributed by atoms with Crippen molar-refractivity contribution in [2.24, 2.45) is 5.41 Å². The van der Waals surface area contributed by atoms with E-state index >= 15 is 0 Å². The molecule has 1 amide bonds. The number of amides is 1. The molecule has 4 heteroatoms. The Kier molecular flexibility index (Phi) is 2.58. The average Bonchev–Trinajstić information content (AvgIpc) is 2.33. The normalized spacial score (nSPS) is 18.1. The third-order valence-corrected chi connectivity index (χ3v) is 3.05. The second kappa shape index (κ2) is 3.67. The maximum absolute atomic E-state index is 11.9. The zero-order chi connectivity index (χ0) is 11.9. The van der Waals surface area contributed by atoms with Crippen LogP contribution in [0.4, 0.5) is 5.69 Å². The number of benzene rings is 1. The molecule has 16 heavy (non-hydrogen) atoms. The van der Waals surface area contributed by atoms with Crippen molar-refractivity contribution in [2.45, 2.75) is 20.8 Å². The zero-order valence-electron chi connectivity index (χ0n) is 9.56. The lowest BCUT2D eigenvalue weighted by Crippen LogP contribution is -2.33. The number of hydrogen-bond acceptors (Lipinski definition) is 2. The lowest BCUT2D eigenvalue weighted by atomic mass is 9.94. The molecule has 2 rings (SSSR count). The molecule has 1 heterocycles. The van der Waals surface area contributed by atoms with Gasteiger partial charge in [0.15, 0.2) is 5.75 Å². The average molecular weight is 240 g/mol. The molecular formula is C12H14ClNO2. The van der Waals surface area contributed by atoms with Crippen molar-refractivity contribution in [1.82, 2.24) is 0 Å². The highest BCUT2D eigenvalue weighted by Gasteiger charge is 2.33. The van der Waals surface area contributed by atoms with Crippen molar-refractivity contribution < 1.29 is 9.53 Å². The number of carbonyl (C=O) groups is 1. The molecule has 1 aromatic carbocycles. The first-order valence-electron chi connectivity index (χ1n) is 5.15. The van der Waals surface area contributed by atoms with Crippen LogP contribution in [0.5, 0.6) is 5.75 Å². The smallest absolute Gasteiger partial charge is 0.233 e. The molecule has 0 radical (unpaired) electrons. The van der Waals surface area contributed by atoms with E-state index in [0.29, 0.717) is 23.1 Å². The SMILES string of the molecule is Cc1ccc(Cl)c2c1NC(=O)C(C)(C)CO2. The minimum absolute atomic E-state index is 0.0448. The van der Waals surface area contributed by atoms with E-state index in [4.69, 9.17) is 16.3 Å². The van der Waals surface area contributed by atoms with Crippen LogP contribution in [-0.2, 0) is 4.79 Å². The maximum Gasteiger partial charge on any atom is 0.233 e. The molecular weight excluding hydrogens is 226 g/mol. The van der Waals surface area contributed by atoms with Gasteiger partial charge >= 0.3 is 0 Å². The number of carbonyl (C=O) groups excluding carboxylic acids is 1.